The normalized spacial score (nSPS) is 12.2. The van der Waals surface area contributed by atoms with Crippen molar-refractivity contribution < 1.29 is 4.74 Å². The molecule has 0 fully saturated rings. The molecule has 0 bridgehead atoms. The molecule has 0 saturated carbocycles. The highest BCUT2D eigenvalue weighted by Gasteiger charge is 2.08. The maximum Gasteiger partial charge on any atom is 0.212 e. The third-order valence-corrected chi connectivity index (χ3v) is 4.40. The Bertz CT molecular complexity index is 642. The highest BCUT2D eigenvalue weighted by Crippen LogP contribution is 2.16. The van der Waals surface area contributed by atoms with Crippen LogP contribution in [0, 0.1) is 6.92 Å². The molecule has 0 amide bonds. The molecule has 2 heterocycles. The zero-order chi connectivity index (χ0) is 16.7. The molecule has 0 spiro atoms. The fraction of sp³-hybridized carbons (Fsp3) is 0.412. The number of ether oxygens (including phenoxy) is 1. The van der Waals surface area contributed by atoms with E-state index in [1.165, 1.54) is 9.75 Å². The van der Waals surface area contributed by atoms with Crippen LogP contribution in [0.4, 0.5) is 0 Å². The monoisotopic (exact) mass is 460 g/mol. The standard InChI is InChI=1S/C17H24N4OS.HI/c1-12(9-15-7-5-13(2)23-15)21-17(18-3)20-11-14-6-8-16(22-4)19-10-14;/h5-8,10,12H,9,11H2,1-4H3,(H2,18,20,21);1H. The van der Waals surface area contributed by atoms with Gasteiger partial charge < -0.3 is 15.4 Å². The van der Waals surface area contributed by atoms with E-state index in [0.717, 1.165) is 17.9 Å². The second kappa shape index (κ2) is 10.5. The zero-order valence-electron chi connectivity index (χ0n) is 14.5. The number of aliphatic imine (C=N–C) groups is 1. The van der Waals surface area contributed by atoms with Crippen molar-refractivity contribution in [2.24, 2.45) is 4.99 Å². The van der Waals surface area contributed by atoms with Crippen LogP contribution in [-0.2, 0) is 13.0 Å². The summed E-state index contributed by atoms with van der Waals surface area (Å²) in [5.74, 6) is 1.41. The van der Waals surface area contributed by atoms with Crippen LogP contribution in [0.1, 0.15) is 22.2 Å². The number of methoxy groups -OCH3 is 1. The predicted octanol–water partition coefficient (Wildman–Crippen LogP) is 3.37. The largest absolute Gasteiger partial charge is 0.481 e. The van der Waals surface area contributed by atoms with Crippen LogP contribution in [0.3, 0.4) is 0 Å². The Morgan fingerprint density at radius 1 is 1.33 bits per heavy atom. The van der Waals surface area contributed by atoms with E-state index < -0.39 is 0 Å². The van der Waals surface area contributed by atoms with Crippen molar-refractivity contribution in [3.63, 3.8) is 0 Å². The lowest BCUT2D eigenvalue weighted by Crippen LogP contribution is -2.42. The van der Waals surface area contributed by atoms with Gasteiger partial charge in [-0.2, -0.15) is 0 Å². The Hall–Kier alpha value is -1.35. The molecule has 2 rings (SSSR count). The zero-order valence-corrected chi connectivity index (χ0v) is 17.6. The number of aromatic nitrogens is 1. The van der Waals surface area contributed by atoms with Gasteiger partial charge in [-0.1, -0.05) is 6.07 Å². The van der Waals surface area contributed by atoms with E-state index in [-0.39, 0.29) is 24.0 Å². The van der Waals surface area contributed by atoms with E-state index in [9.17, 15) is 0 Å². The first-order valence-corrected chi connectivity index (χ1v) is 8.43. The Kier molecular flexibility index (Phi) is 9.05. The van der Waals surface area contributed by atoms with Gasteiger partial charge >= 0.3 is 0 Å². The third-order valence-electron chi connectivity index (χ3n) is 3.38. The predicted molar refractivity (Wildman–Crippen MR) is 112 cm³/mol. The number of hydrogen-bond acceptors (Lipinski definition) is 4. The molecule has 5 nitrogen and oxygen atoms in total. The van der Waals surface area contributed by atoms with Gasteiger partial charge in [0.15, 0.2) is 5.96 Å². The molecule has 2 aromatic heterocycles. The van der Waals surface area contributed by atoms with Crippen molar-refractivity contribution in [2.45, 2.75) is 32.9 Å². The van der Waals surface area contributed by atoms with Crippen LogP contribution in [0.5, 0.6) is 5.88 Å². The first-order chi connectivity index (χ1) is 11.1. The minimum atomic E-state index is 0. The van der Waals surface area contributed by atoms with Crippen LogP contribution >= 0.6 is 35.3 Å². The Morgan fingerprint density at radius 2 is 2.12 bits per heavy atom. The van der Waals surface area contributed by atoms with E-state index in [1.54, 1.807) is 20.4 Å². The van der Waals surface area contributed by atoms with Crippen molar-refractivity contribution in [3.05, 3.63) is 45.8 Å². The van der Waals surface area contributed by atoms with Crippen LogP contribution in [0.25, 0.3) is 0 Å². The highest BCUT2D eigenvalue weighted by atomic mass is 127. The number of hydrogen-bond donors (Lipinski definition) is 2. The third kappa shape index (κ3) is 6.64. The Morgan fingerprint density at radius 3 is 2.67 bits per heavy atom. The summed E-state index contributed by atoms with van der Waals surface area (Å²) in [6.45, 7) is 4.97. The molecule has 2 N–H and O–H groups in total. The van der Waals surface area contributed by atoms with Crippen LogP contribution in [0.15, 0.2) is 35.5 Å². The highest BCUT2D eigenvalue weighted by molar-refractivity contribution is 14.0. The smallest absolute Gasteiger partial charge is 0.212 e. The lowest BCUT2D eigenvalue weighted by atomic mass is 10.2. The van der Waals surface area contributed by atoms with Crippen LogP contribution in [0.2, 0.25) is 0 Å². The molecular formula is C17H25IN4OS. The molecule has 0 aromatic carbocycles. The summed E-state index contributed by atoms with van der Waals surface area (Å²) in [6.07, 6.45) is 2.79. The summed E-state index contributed by atoms with van der Waals surface area (Å²) in [5, 5.41) is 6.72. The van der Waals surface area contributed by atoms with Gasteiger partial charge in [0.2, 0.25) is 5.88 Å². The summed E-state index contributed by atoms with van der Waals surface area (Å²) < 4.78 is 5.06. The van der Waals surface area contributed by atoms with E-state index >= 15 is 0 Å². The molecule has 24 heavy (non-hydrogen) atoms. The molecule has 2 aromatic rings. The first-order valence-electron chi connectivity index (χ1n) is 7.62. The second-order valence-corrected chi connectivity index (χ2v) is 6.77. The van der Waals surface area contributed by atoms with Gasteiger partial charge in [-0.3, -0.25) is 4.99 Å². The molecule has 132 valence electrons. The quantitative estimate of drug-likeness (QED) is 0.394. The minimum absolute atomic E-state index is 0. The number of halogens is 1. The van der Waals surface area contributed by atoms with E-state index in [2.05, 4.69) is 46.6 Å². The molecule has 0 aliphatic rings. The van der Waals surface area contributed by atoms with E-state index in [0.29, 0.717) is 18.5 Å². The Balaban J connectivity index is 0.00000288. The molecule has 0 radical (unpaired) electrons. The van der Waals surface area contributed by atoms with Gasteiger partial charge in [0, 0.05) is 48.1 Å². The maximum absolute atomic E-state index is 5.06. The van der Waals surface area contributed by atoms with Crippen molar-refractivity contribution >= 4 is 41.3 Å². The fourth-order valence-corrected chi connectivity index (χ4v) is 3.22. The lowest BCUT2D eigenvalue weighted by Gasteiger charge is -2.17. The lowest BCUT2D eigenvalue weighted by molar-refractivity contribution is 0.397. The van der Waals surface area contributed by atoms with Gasteiger partial charge in [0.25, 0.3) is 0 Å². The van der Waals surface area contributed by atoms with Gasteiger partial charge in [-0.25, -0.2) is 4.98 Å². The number of aryl methyl sites for hydroxylation is 1. The first kappa shape index (κ1) is 20.7. The van der Waals surface area contributed by atoms with Gasteiger partial charge in [0.1, 0.15) is 0 Å². The molecule has 0 saturated heterocycles. The number of nitrogens with zero attached hydrogens (tertiary/aromatic N) is 2. The van der Waals surface area contributed by atoms with Gasteiger partial charge in [-0.15, -0.1) is 35.3 Å². The van der Waals surface area contributed by atoms with Crippen LogP contribution in [-0.4, -0.2) is 31.1 Å². The molecule has 7 heteroatoms. The van der Waals surface area contributed by atoms with Gasteiger partial charge in [-0.05, 0) is 31.5 Å². The van der Waals surface area contributed by atoms with Crippen molar-refractivity contribution in [1.29, 1.82) is 0 Å². The fourth-order valence-electron chi connectivity index (χ4n) is 2.20. The summed E-state index contributed by atoms with van der Waals surface area (Å²) >= 11 is 1.84. The second-order valence-electron chi connectivity index (χ2n) is 5.40. The molecule has 0 aliphatic carbocycles. The Labute approximate surface area is 165 Å². The summed E-state index contributed by atoms with van der Waals surface area (Å²) in [5.41, 5.74) is 1.08. The van der Waals surface area contributed by atoms with Crippen molar-refractivity contribution in [1.82, 2.24) is 15.6 Å². The molecule has 0 aliphatic heterocycles. The SMILES string of the molecule is CN=C(NCc1ccc(OC)nc1)NC(C)Cc1ccc(C)s1.I. The van der Waals surface area contributed by atoms with E-state index in [1.807, 2.05) is 23.5 Å². The molecule has 1 atom stereocenters. The number of pyridine rings is 1. The number of thiophene rings is 1. The number of guanidine groups is 1. The summed E-state index contributed by atoms with van der Waals surface area (Å²) in [4.78, 5) is 11.2. The summed E-state index contributed by atoms with van der Waals surface area (Å²) in [6, 6.07) is 8.51. The summed E-state index contributed by atoms with van der Waals surface area (Å²) in [7, 11) is 3.39. The topological polar surface area (TPSA) is 58.5 Å². The average molecular weight is 460 g/mol. The maximum atomic E-state index is 5.06. The van der Waals surface area contributed by atoms with Crippen molar-refractivity contribution in [3.8, 4) is 5.88 Å². The number of rotatable bonds is 6. The molecular weight excluding hydrogens is 435 g/mol. The van der Waals surface area contributed by atoms with Gasteiger partial charge in [0.05, 0.1) is 7.11 Å². The van der Waals surface area contributed by atoms with E-state index in [4.69, 9.17) is 4.74 Å². The number of nitrogens with one attached hydrogen (secondary N) is 2. The molecule has 1 unspecified atom stereocenters. The average Bonchev–Trinajstić information content (AvgIpc) is 2.96. The van der Waals surface area contributed by atoms with Crippen LogP contribution < -0.4 is 15.4 Å². The van der Waals surface area contributed by atoms with Crippen molar-refractivity contribution in [2.75, 3.05) is 14.2 Å². The minimum Gasteiger partial charge on any atom is -0.481 e.